The van der Waals surface area contributed by atoms with Crippen LogP contribution in [0.4, 0.5) is 5.13 Å². The van der Waals surface area contributed by atoms with Gasteiger partial charge in [0.25, 0.3) is 5.91 Å². The summed E-state index contributed by atoms with van der Waals surface area (Å²) >= 11 is 1.47. The van der Waals surface area contributed by atoms with Crippen molar-refractivity contribution in [2.75, 3.05) is 25.6 Å². The van der Waals surface area contributed by atoms with Crippen molar-refractivity contribution in [2.24, 2.45) is 0 Å². The minimum Gasteiger partial charge on any atom is -0.375 e. The number of thiazole rings is 1. The van der Waals surface area contributed by atoms with Gasteiger partial charge in [-0.25, -0.2) is 4.98 Å². The Hall–Kier alpha value is -0.980. The minimum absolute atomic E-state index is 0.0563. The van der Waals surface area contributed by atoms with Gasteiger partial charge in [0.05, 0.1) is 23.8 Å². The summed E-state index contributed by atoms with van der Waals surface area (Å²) in [5, 5.41) is 3.32. The van der Waals surface area contributed by atoms with Crippen molar-refractivity contribution in [3.63, 3.8) is 0 Å². The number of methoxy groups -OCH3 is 1. The maximum atomic E-state index is 11.2. The first-order valence-electron chi connectivity index (χ1n) is 4.64. The zero-order valence-electron chi connectivity index (χ0n) is 8.41. The van der Waals surface area contributed by atoms with Crippen LogP contribution in [-0.2, 0) is 27.3 Å². The van der Waals surface area contributed by atoms with Gasteiger partial charge in [0.15, 0.2) is 5.13 Å². The number of amides is 1. The van der Waals surface area contributed by atoms with Crippen LogP contribution in [0.2, 0.25) is 0 Å². The van der Waals surface area contributed by atoms with Crippen molar-refractivity contribution >= 4 is 22.4 Å². The predicted molar refractivity (Wildman–Crippen MR) is 56.0 cm³/mol. The number of nitrogens with zero attached hydrogens (tertiary/aromatic N) is 1. The van der Waals surface area contributed by atoms with Crippen molar-refractivity contribution in [2.45, 2.75) is 13.0 Å². The molecule has 0 aliphatic carbocycles. The highest BCUT2D eigenvalue weighted by Gasteiger charge is 2.16. The molecule has 0 radical (unpaired) electrons. The Morgan fingerprint density at radius 3 is 3.33 bits per heavy atom. The van der Waals surface area contributed by atoms with Gasteiger partial charge in [0.1, 0.15) is 6.61 Å². The molecule has 0 saturated carbocycles. The topological polar surface area (TPSA) is 60.5 Å². The largest absolute Gasteiger partial charge is 0.375 e. The molecule has 0 atom stereocenters. The number of aromatic nitrogens is 1. The third-order valence-corrected chi connectivity index (χ3v) is 3.00. The number of anilines is 1. The second-order valence-electron chi connectivity index (χ2n) is 3.17. The van der Waals surface area contributed by atoms with E-state index in [0.717, 1.165) is 17.0 Å². The van der Waals surface area contributed by atoms with Crippen LogP contribution >= 0.6 is 11.3 Å². The van der Waals surface area contributed by atoms with Gasteiger partial charge in [0, 0.05) is 13.5 Å². The molecule has 1 N–H and O–H groups in total. The molecule has 1 aliphatic rings. The summed E-state index contributed by atoms with van der Waals surface area (Å²) in [4.78, 5) is 16.7. The van der Waals surface area contributed by atoms with Crippen LogP contribution in [-0.4, -0.2) is 31.2 Å². The number of fused-ring (bicyclic) bond motifs is 1. The first kappa shape index (κ1) is 10.5. The standard InChI is InChI=1S/C9H12N2O3S/c1-13-5-8(12)11-9-10-6-2-3-14-4-7(6)15-9/h2-5H2,1H3,(H,10,11,12). The molecule has 2 heterocycles. The Balaban J connectivity index is 2.03. The highest BCUT2D eigenvalue weighted by molar-refractivity contribution is 7.15. The Labute approximate surface area is 91.4 Å². The van der Waals surface area contributed by atoms with E-state index in [1.165, 1.54) is 18.4 Å². The first-order valence-corrected chi connectivity index (χ1v) is 5.46. The zero-order chi connectivity index (χ0) is 10.7. The fourth-order valence-corrected chi connectivity index (χ4v) is 2.33. The van der Waals surface area contributed by atoms with E-state index in [-0.39, 0.29) is 12.5 Å². The van der Waals surface area contributed by atoms with E-state index in [4.69, 9.17) is 9.47 Å². The Kier molecular flexibility index (Phi) is 3.30. The molecule has 82 valence electrons. The fraction of sp³-hybridized carbons (Fsp3) is 0.556. The maximum Gasteiger partial charge on any atom is 0.252 e. The number of ether oxygens (including phenoxy) is 2. The Morgan fingerprint density at radius 1 is 1.73 bits per heavy atom. The summed E-state index contributed by atoms with van der Waals surface area (Å²) < 4.78 is 10.0. The molecule has 0 spiro atoms. The van der Waals surface area contributed by atoms with Gasteiger partial charge in [-0.2, -0.15) is 0 Å². The summed E-state index contributed by atoms with van der Waals surface area (Å²) in [7, 11) is 1.49. The molecule has 15 heavy (non-hydrogen) atoms. The van der Waals surface area contributed by atoms with Crippen LogP contribution < -0.4 is 5.32 Å². The van der Waals surface area contributed by atoms with Gasteiger partial charge in [-0.05, 0) is 0 Å². The average molecular weight is 228 g/mol. The molecule has 1 amide bonds. The maximum absolute atomic E-state index is 11.2. The highest BCUT2D eigenvalue weighted by Crippen LogP contribution is 2.26. The predicted octanol–water partition coefficient (Wildman–Crippen LogP) is 0.801. The molecule has 1 aliphatic heterocycles. The number of rotatable bonds is 3. The first-order chi connectivity index (χ1) is 7.29. The summed E-state index contributed by atoms with van der Waals surface area (Å²) in [5.74, 6) is -0.176. The molecule has 0 aromatic carbocycles. The minimum atomic E-state index is -0.176. The molecular weight excluding hydrogens is 216 g/mol. The Bertz CT molecular complexity index is 341. The van der Waals surface area contributed by atoms with Crippen molar-refractivity contribution in [1.29, 1.82) is 0 Å². The molecule has 0 saturated heterocycles. The average Bonchev–Trinajstić information content (AvgIpc) is 2.59. The van der Waals surface area contributed by atoms with Crippen LogP contribution in [0, 0.1) is 0 Å². The second-order valence-corrected chi connectivity index (χ2v) is 4.26. The van der Waals surface area contributed by atoms with Crippen molar-refractivity contribution < 1.29 is 14.3 Å². The zero-order valence-corrected chi connectivity index (χ0v) is 9.23. The van der Waals surface area contributed by atoms with E-state index in [1.54, 1.807) is 0 Å². The lowest BCUT2D eigenvalue weighted by atomic mass is 10.2. The Morgan fingerprint density at radius 2 is 2.60 bits per heavy atom. The SMILES string of the molecule is COCC(=O)Nc1nc2c(s1)COCC2. The van der Waals surface area contributed by atoms with Gasteiger partial charge >= 0.3 is 0 Å². The summed E-state index contributed by atoms with van der Waals surface area (Å²) in [5.41, 5.74) is 1.04. The number of carbonyl (C=O) groups excluding carboxylic acids is 1. The van der Waals surface area contributed by atoms with E-state index >= 15 is 0 Å². The molecule has 0 bridgehead atoms. The molecule has 1 aromatic heterocycles. The quantitative estimate of drug-likeness (QED) is 0.831. The van der Waals surface area contributed by atoms with Crippen LogP contribution in [0.1, 0.15) is 10.6 Å². The van der Waals surface area contributed by atoms with Crippen LogP contribution in [0.5, 0.6) is 0 Å². The van der Waals surface area contributed by atoms with Crippen molar-refractivity contribution in [1.82, 2.24) is 4.98 Å². The van der Waals surface area contributed by atoms with Crippen LogP contribution in [0.3, 0.4) is 0 Å². The summed E-state index contributed by atoms with van der Waals surface area (Å²) in [6.07, 6.45) is 0.825. The van der Waals surface area contributed by atoms with E-state index < -0.39 is 0 Å². The molecule has 0 unspecified atom stereocenters. The lowest BCUT2D eigenvalue weighted by Crippen LogP contribution is -2.16. The number of hydrogen-bond donors (Lipinski definition) is 1. The second kappa shape index (κ2) is 4.69. The molecular formula is C9H12N2O3S. The third-order valence-electron chi connectivity index (χ3n) is 2.02. The normalized spacial score (nSPS) is 14.7. The van der Waals surface area contributed by atoms with Gasteiger partial charge in [0.2, 0.25) is 0 Å². The molecule has 1 aromatic rings. The summed E-state index contributed by atoms with van der Waals surface area (Å²) in [6, 6.07) is 0. The lowest BCUT2D eigenvalue weighted by molar-refractivity contribution is -0.119. The van der Waals surface area contributed by atoms with Gasteiger partial charge in [-0.1, -0.05) is 11.3 Å². The van der Waals surface area contributed by atoms with Gasteiger partial charge in [-0.3, -0.25) is 10.1 Å². The van der Waals surface area contributed by atoms with Crippen molar-refractivity contribution in [3.8, 4) is 0 Å². The van der Waals surface area contributed by atoms with Crippen LogP contribution in [0.25, 0.3) is 0 Å². The van der Waals surface area contributed by atoms with Crippen molar-refractivity contribution in [3.05, 3.63) is 10.6 Å². The van der Waals surface area contributed by atoms with Crippen LogP contribution in [0.15, 0.2) is 0 Å². The lowest BCUT2D eigenvalue weighted by Gasteiger charge is -2.08. The summed E-state index contributed by atoms with van der Waals surface area (Å²) in [6.45, 7) is 1.37. The molecule has 2 rings (SSSR count). The van der Waals surface area contributed by atoms with E-state index in [2.05, 4.69) is 10.3 Å². The van der Waals surface area contributed by atoms with Gasteiger partial charge in [-0.15, -0.1) is 0 Å². The number of carbonyl (C=O) groups is 1. The molecule has 0 fully saturated rings. The number of nitrogens with one attached hydrogen (secondary N) is 1. The monoisotopic (exact) mass is 228 g/mol. The molecule has 6 heteroatoms. The highest BCUT2D eigenvalue weighted by atomic mass is 32.1. The van der Waals surface area contributed by atoms with E-state index in [9.17, 15) is 4.79 Å². The molecule has 5 nitrogen and oxygen atoms in total. The number of hydrogen-bond acceptors (Lipinski definition) is 5. The van der Waals surface area contributed by atoms with E-state index in [0.29, 0.717) is 18.3 Å². The third kappa shape index (κ3) is 2.53. The smallest absolute Gasteiger partial charge is 0.252 e. The fourth-order valence-electron chi connectivity index (χ4n) is 1.37. The van der Waals surface area contributed by atoms with E-state index in [1.807, 2.05) is 0 Å². The van der Waals surface area contributed by atoms with Gasteiger partial charge < -0.3 is 9.47 Å².